The molecule has 2 aliphatic rings. The monoisotopic (exact) mass is 325 g/mol. The lowest BCUT2D eigenvalue weighted by atomic mass is 9.95. The van der Waals surface area contributed by atoms with Crippen molar-refractivity contribution < 1.29 is 24.2 Å². The standard InChI is InChI=1S/C15H16ClNO5/c16-11-1-2-13-9(6-11)5-10(7-22-13)14(18)17-3-4-21-8-12(17)15(19)20/h1-2,6,10,12H,3-5,7-8H2,(H,19,20)/t10-,12-/m0/s1. The van der Waals surface area contributed by atoms with Crippen LogP contribution in [0, 0.1) is 5.92 Å². The van der Waals surface area contributed by atoms with E-state index in [1.54, 1.807) is 18.2 Å². The van der Waals surface area contributed by atoms with E-state index < -0.39 is 17.9 Å². The molecule has 118 valence electrons. The Morgan fingerprint density at radius 2 is 2.14 bits per heavy atom. The summed E-state index contributed by atoms with van der Waals surface area (Å²) < 4.78 is 10.8. The largest absolute Gasteiger partial charge is 0.492 e. The molecule has 22 heavy (non-hydrogen) atoms. The summed E-state index contributed by atoms with van der Waals surface area (Å²) in [5, 5.41) is 9.82. The van der Waals surface area contributed by atoms with Crippen LogP contribution in [-0.2, 0) is 20.7 Å². The molecule has 1 fully saturated rings. The Morgan fingerprint density at radius 1 is 1.32 bits per heavy atom. The van der Waals surface area contributed by atoms with Gasteiger partial charge in [-0.05, 0) is 30.2 Å². The lowest BCUT2D eigenvalue weighted by Crippen LogP contribution is -2.55. The average Bonchev–Trinajstić information content (AvgIpc) is 2.53. The van der Waals surface area contributed by atoms with E-state index in [2.05, 4.69) is 0 Å². The molecule has 3 rings (SSSR count). The highest BCUT2D eigenvalue weighted by Gasteiger charge is 2.37. The first kappa shape index (κ1) is 15.1. The minimum absolute atomic E-state index is 0.0249. The fourth-order valence-electron chi connectivity index (χ4n) is 2.83. The van der Waals surface area contributed by atoms with E-state index in [4.69, 9.17) is 21.1 Å². The Labute approximate surface area is 132 Å². The Kier molecular flexibility index (Phi) is 4.22. The fourth-order valence-corrected chi connectivity index (χ4v) is 3.02. The third-order valence-electron chi connectivity index (χ3n) is 3.97. The van der Waals surface area contributed by atoms with Gasteiger partial charge in [0.1, 0.15) is 12.4 Å². The van der Waals surface area contributed by atoms with Crippen molar-refractivity contribution in [2.45, 2.75) is 12.5 Å². The molecule has 0 aliphatic carbocycles. The summed E-state index contributed by atoms with van der Waals surface area (Å²) in [7, 11) is 0. The number of carboxylic acids is 1. The Morgan fingerprint density at radius 3 is 2.91 bits per heavy atom. The van der Waals surface area contributed by atoms with Gasteiger partial charge in [0.05, 0.1) is 19.1 Å². The second kappa shape index (κ2) is 6.14. The number of morpholine rings is 1. The number of carbonyl (C=O) groups is 2. The van der Waals surface area contributed by atoms with E-state index in [1.807, 2.05) is 0 Å². The van der Waals surface area contributed by atoms with Crippen molar-refractivity contribution in [1.29, 1.82) is 0 Å². The van der Waals surface area contributed by atoms with Gasteiger partial charge in [0.2, 0.25) is 5.91 Å². The molecule has 0 radical (unpaired) electrons. The summed E-state index contributed by atoms with van der Waals surface area (Å²) in [5.41, 5.74) is 0.872. The molecule has 2 heterocycles. The summed E-state index contributed by atoms with van der Waals surface area (Å²) in [6.07, 6.45) is 0.498. The van der Waals surface area contributed by atoms with Crippen molar-refractivity contribution in [3.05, 3.63) is 28.8 Å². The van der Waals surface area contributed by atoms with Crippen LogP contribution in [-0.4, -0.2) is 54.3 Å². The van der Waals surface area contributed by atoms with E-state index in [0.717, 1.165) is 11.3 Å². The summed E-state index contributed by atoms with van der Waals surface area (Å²) in [5.74, 6) is -0.925. The van der Waals surface area contributed by atoms with E-state index in [0.29, 0.717) is 18.1 Å². The Hall–Kier alpha value is -1.79. The number of carbonyl (C=O) groups excluding carboxylic acids is 1. The molecule has 0 aromatic heterocycles. The van der Waals surface area contributed by atoms with Crippen LogP contribution < -0.4 is 4.74 Å². The average molecular weight is 326 g/mol. The zero-order valence-electron chi connectivity index (χ0n) is 11.8. The third-order valence-corrected chi connectivity index (χ3v) is 4.21. The predicted molar refractivity (Wildman–Crippen MR) is 78.1 cm³/mol. The van der Waals surface area contributed by atoms with Crippen molar-refractivity contribution >= 4 is 23.5 Å². The summed E-state index contributed by atoms with van der Waals surface area (Å²) in [6.45, 7) is 0.911. The number of nitrogens with zero attached hydrogens (tertiary/aromatic N) is 1. The van der Waals surface area contributed by atoms with Crippen LogP contribution in [0.4, 0.5) is 0 Å². The Bertz CT molecular complexity index is 606. The quantitative estimate of drug-likeness (QED) is 0.884. The molecule has 0 unspecified atom stereocenters. The number of fused-ring (bicyclic) bond motifs is 1. The van der Waals surface area contributed by atoms with Crippen LogP contribution in [0.2, 0.25) is 5.02 Å². The molecule has 1 amide bonds. The van der Waals surface area contributed by atoms with Gasteiger partial charge >= 0.3 is 5.97 Å². The number of hydrogen-bond donors (Lipinski definition) is 1. The van der Waals surface area contributed by atoms with Crippen LogP contribution in [0.25, 0.3) is 0 Å². The van der Waals surface area contributed by atoms with Crippen molar-refractivity contribution in [1.82, 2.24) is 4.90 Å². The molecule has 1 aromatic rings. The minimum Gasteiger partial charge on any atom is -0.492 e. The van der Waals surface area contributed by atoms with E-state index in [1.165, 1.54) is 4.90 Å². The number of halogens is 1. The van der Waals surface area contributed by atoms with Gasteiger partial charge < -0.3 is 19.5 Å². The van der Waals surface area contributed by atoms with E-state index >= 15 is 0 Å². The molecule has 1 saturated heterocycles. The first-order valence-electron chi connectivity index (χ1n) is 7.08. The number of hydrogen-bond acceptors (Lipinski definition) is 4. The maximum atomic E-state index is 12.7. The molecule has 0 bridgehead atoms. The van der Waals surface area contributed by atoms with Gasteiger partial charge in [0.25, 0.3) is 0 Å². The van der Waals surface area contributed by atoms with Gasteiger partial charge in [0, 0.05) is 11.6 Å². The van der Waals surface area contributed by atoms with Gasteiger partial charge in [-0.2, -0.15) is 0 Å². The Balaban J connectivity index is 1.76. The molecule has 0 saturated carbocycles. The van der Waals surface area contributed by atoms with E-state index in [-0.39, 0.29) is 25.7 Å². The second-order valence-corrected chi connectivity index (χ2v) is 5.86. The lowest BCUT2D eigenvalue weighted by Gasteiger charge is -2.36. The zero-order chi connectivity index (χ0) is 15.7. The van der Waals surface area contributed by atoms with Crippen LogP contribution in [0.1, 0.15) is 5.56 Å². The zero-order valence-corrected chi connectivity index (χ0v) is 12.6. The maximum absolute atomic E-state index is 12.7. The molecular formula is C15H16ClNO5. The SMILES string of the molecule is O=C(O)[C@@H]1COCCN1C(=O)[C@@H]1COc2ccc(Cl)cc2C1. The summed E-state index contributed by atoms with van der Waals surface area (Å²) >= 11 is 5.97. The van der Waals surface area contributed by atoms with Crippen molar-refractivity contribution in [2.24, 2.45) is 5.92 Å². The van der Waals surface area contributed by atoms with Gasteiger partial charge in [0.15, 0.2) is 6.04 Å². The number of amides is 1. The lowest BCUT2D eigenvalue weighted by molar-refractivity contribution is -0.161. The number of carboxylic acid groups (broad SMARTS) is 1. The number of ether oxygens (including phenoxy) is 2. The van der Waals surface area contributed by atoms with E-state index in [9.17, 15) is 14.7 Å². The highest BCUT2D eigenvalue weighted by atomic mass is 35.5. The molecule has 7 heteroatoms. The van der Waals surface area contributed by atoms with Crippen LogP contribution >= 0.6 is 11.6 Å². The van der Waals surface area contributed by atoms with Crippen molar-refractivity contribution in [2.75, 3.05) is 26.4 Å². The molecule has 2 aliphatic heterocycles. The van der Waals surface area contributed by atoms with Crippen LogP contribution in [0.15, 0.2) is 18.2 Å². The molecule has 0 spiro atoms. The van der Waals surface area contributed by atoms with Crippen LogP contribution in [0.5, 0.6) is 5.75 Å². The van der Waals surface area contributed by atoms with Crippen molar-refractivity contribution in [3.8, 4) is 5.75 Å². The summed E-state index contributed by atoms with van der Waals surface area (Å²) in [4.78, 5) is 25.3. The molecule has 6 nitrogen and oxygen atoms in total. The van der Waals surface area contributed by atoms with Gasteiger partial charge in [-0.3, -0.25) is 4.79 Å². The minimum atomic E-state index is -1.05. The maximum Gasteiger partial charge on any atom is 0.328 e. The van der Waals surface area contributed by atoms with Gasteiger partial charge in [-0.15, -0.1) is 0 Å². The second-order valence-electron chi connectivity index (χ2n) is 5.42. The fraction of sp³-hybridized carbons (Fsp3) is 0.467. The van der Waals surface area contributed by atoms with Crippen molar-refractivity contribution in [3.63, 3.8) is 0 Å². The third kappa shape index (κ3) is 2.89. The highest BCUT2D eigenvalue weighted by Crippen LogP contribution is 2.31. The molecule has 1 aromatic carbocycles. The predicted octanol–water partition coefficient (Wildman–Crippen LogP) is 1.20. The van der Waals surface area contributed by atoms with Gasteiger partial charge in [-0.1, -0.05) is 11.6 Å². The summed E-state index contributed by atoms with van der Waals surface area (Å²) in [6, 6.07) is 4.38. The topological polar surface area (TPSA) is 76.1 Å². The first-order valence-corrected chi connectivity index (χ1v) is 7.46. The smallest absolute Gasteiger partial charge is 0.328 e. The molecular weight excluding hydrogens is 310 g/mol. The number of benzene rings is 1. The van der Waals surface area contributed by atoms with Gasteiger partial charge in [-0.25, -0.2) is 4.79 Å². The molecule has 2 atom stereocenters. The normalized spacial score (nSPS) is 24.3. The number of aliphatic carboxylic acids is 1. The van der Waals surface area contributed by atoms with Crippen LogP contribution in [0.3, 0.4) is 0 Å². The first-order chi connectivity index (χ1) is 10.6. The number of rotatable bonds is 2. The molecule has 1 N–H and O–H groups in total. The highest BCUT2D eigenvalue weighted by molar-refractivity contribution is 6.30.